The molecule has 3 heteroatoms. The lowest BCUT2D eigenvalue weighted by Gasteiger charge is -2.42. The molecule has 0 amide bonds. The summed E-state index contributed by atoms with van der Waals surface area (Å²) in [6, 6.07) is 0. The molecule has 0 spiro atoms. The fourth-order valence-corrected chi connectivity index (χ4v) is 3.54. The van der Waals surface area contributed by atoms with E-state index in [1.54, 1.807) is 0 Å². The Hall–Kier alpha value is -0.150. The summed E-state index contributed by atoms with van der Waals surface area (Å²) in [6.45, 7) is 8.10. The van der Waals surface area contributed by atoms with Gasteiger partial charge in [0, 0.05) is 12.0 Å². The van der Waals surface area contributed by atoms with Crippen LogP contribution in [-0.4, -0.2) is 29.5 Å². The van der Waals surface area contributed by atoms with Crippen LogP contribution in [0.1, 0.15) is 52.4 Å². The maximum atomic E-state index is 5.80. The summed E-state index contributed by atoms with van der Waals surface area (Å²) in [5.41, 5.74) is 5.82. The van der Waals surface area contributed by atoms with Crippen molar-refractivity contribution in [2.45, 2.75) is 52.4 Å². The van der Waals surface area contributed by atoms with Crippen LogP contribution < -0.4 is 5.73 Å². The van der Waals surface area contributed by atoms with E-state index in [9.17, 15) is 0 Å². The molecule has 0 aromatic carbocycles. The molecule has 0 aromatic rings. The van der Waals surface area contributed by atoms with Gasteiger partial charge in [0.05, 0.1) is 4.99 Å². The van der Waals surface area contributed by atoms with Crippen molar-refractivity contribution in [1.82, 2.24) is 4.90 Å². The quantitative estimate of drug-likeness (QED) is 0.794. The molecule has 2 aliphatic rings. The zero-order valence-corrected chi connectivity index (χ0v) is 12.8. The lowest BCUT2D eigenvalue weighted by Crippen LogP contribution is -2.43. The van der Waals surface area contributed by atoms with E-state index in [0.29, 0.717) is 4.99 Å². The first-order valence-electron chi connectivity index (χ1n) is 7.51. The second-order valence-electron chi connectivity index (χ2n) is 6.89. The van der Waals surface area contributed by atoms with Crippen molar-refractivity contribution < 1.29 is 0 Å². The van der Waals surface area contributed by atoms with Crippen LogP contribution in [0, 0.1) is 17.3 Å². The number of rotatable bonds is 4. The normalized spacial score (nSPS) is 29.9. The van der Waals surface area contributed by atoms with Crippen molar-refractivity contribution in [3.63, 3.8) is 0 Å². The number of hydrogen-bond acceptors (Lipinski definition) is 2. The SMILES string of the molecule is CC(C)(CCN1CCC2CCCCC2C1)C(N)=S. The number of thiocarbonyl (C=S) groups is 1. The topological polar surface area (TPSA) is 29.3 Å². The van der Waals surface area contributed by atoms with E-state index in [0.717, 1.165) is 24.8 Å². The average molecular weight is 268 g/mol. The van der Waals surface area contributed by atoms with Crippen LogP contribution in [0.2, 0.25) is 0 Å². The van der Waals surface area contributed by atoms with Crippen LogP contribution in [-0.2, 0) is 0 Å². The van der Waals surface area contributed by atoms with Gasteiger partial charge < -0.3 is 10.6 Å². The predicted molar refractivity (Wildman–Crippen MR) is 81.7 cm³/mol. The minimum Gasteiger partial charge on any atom is -0.393 e. The maximum Gasteiger partial charge on any atom is 0.0784 e. The number of piperidine rings is 1. The Bertz CT molecular complexity index is 301. The molecule has 2 unspecified atom stereocenters. The van der Waals surface area contributed by atoms with Gasteiger partial charge in [-0.05, 0) is 44.2 Å². The van der Waals surface area contributed by atoms with Gasteiger partial charge in [0.1, 0.15) is 0 Å². The van der Waals surface area contributed by atoms with E-state index in [-0.39, 0.29) is 5.41 Å². The third-order valence-electron chi connectivity index (χ3n) is 5.10. The van der Waals surface area contributed by atoms with E-state index in [4.69, 9.17) is 18.0 Å². The Kier molecular flexibility index (Phi) is 4.65. The highest BCUT2D eigenvalue weighted by Gasteiger charge is 2.31. The second-order valence-corrected chi connectivity index (χ2v) is 7.33. The fraction of sp³-hybridized carbons (Fsp3) is 0.933. The smallest absolute Gasteiger partial charge is 0.0784 e. The molecule has 1 aliphatic heterocycles. The van der Waals surface area contributed by atoms with Gasteiger partial charge in [0.2, 0.25) is 0 Å². The van der Waals surface area contributed by atoms with Crippen LogP contribution in [0.4, 0.5) is 0 Å². The molecule has 18 heavy (non-hydrogen) atoms. The predicted octanol–water partition coefficient (Wildman–Crippen LogP) is 3.20. The Morgan fingerprint density at radius 1 is 1.22 bits per heavy atom. The number of nitrogens with two attached hydrogens (primary N) is 1. The summed E-state index contributed by atoms with van der Waals surface area (Å²) >= 11 is 5.15. The minimum absolute atomic E-state index is 0.0126. The van der Waals surface area contributed by atoms with Crippen LogP contribution in [0.25, 0.3) is 0 Å². The lowest BCUT2D eigenvalue weighted by molar-refractivity contribution is 0.0818. The number of nitrogens with zero attached hydrogens (tertiary/aromatic N) is 1. The Morgan fingerprint density at radius 3 is 2.56 bits per heavy atom. The summed E-state index contributed by atoms with van der Waals surface area (Å²) < 4.78 is 0. The molecule has 0 aromatic heterocycles. The summed E-state index contributed by atoms with van der Waals surface area (Å²) in [7, 11) is 0. The minimum atomic E-state index is 0.0126. The van der Waals surface area contributed by atoms with Gasteiger partial charge in [-0.2, -0.15) is 0 Å². The van der Waals surface area contributed by atoms with E-state index in [2.05, 4.69) is 18.7 Å². The molecule has 0 bridgehead atoms. The molecule has 2 atom stereocenters. The lowest BCUT2D eigenvalue weighted by atomic mass is 9.75. The van der Waals surface area contributed by atoms with Gasteiger partial charge in [-0.1, -0.05) is 45.3 Å². The van der Waals surface area contributed by atoms with E-state index >= 15 is 0 Å². The number of hydrogen-bond donors (Lipinski definition) is 1. The van der Waals surface area contributed by atoms with Gasteiger partial charge in [-0.25, -0.2) is 0 Å². The number of fused-ring (bicyclic) bond motifs is 1. The van der Waals surface area contributed by atoms with Crippen molar-refractivity contribution >= 4 is 17.2 Å². The van der Waals surface area contributed by atoms with Crippen LogP contribution >= 0.6 is 12.2 Å². The molecule has 2 fully saturated rings. The molecule has 2 rings (SSSR count). The molecular formula is C15H28N2S. The van der Waals surface area contributed by atoms with Crippen molar-refractivity contribution in [1.29, 1.82) is 0 Å². The highest BCUT2D eigenvalue weighted by Crippen LogP contribution is 2.36. The van der Waals surface area contributed by atoms with E-state index in [1.165, 1.54) is 45.2 Å². The zero-order chi connectivity index (χ0) is 13.2. The van der Waals surface area contributed by atoms with Gasteiger partial charge in [0.25, 0.3) is 0 Å². The first kappa shape index (κ1) is 14.3. The molecule has 2 N–H and O–H groups in total. The largest absolute Gasteiger partial charge is 0.393 e. The summed E-state index contributed by atoms with van der Waals surface area (Å²) in [6.07, 6.45) is 8.37. The summed E-state index contributed by atoms with van der Waals surface area (Å²) in [5, 5.41) is 0. The van der Waals surface area contributed by atoms with Crippen molar-refractivity contribution in [2.75, 3.05) is 19.6 Å². The fourth-order valence-electron chi connectivity index (χ4n) is 3.44. The second kappa shape index (κ2) is 5.87. The third kappa shape index (κ3) is 3.45. The van der Waals surface area contributed by atoms with Gasteiger partial charge in [-0.3, -0.25) is 0 Å². The summed E-state index contributed by atoms with van der Waals surface area (Å²) in [5.74, 6) is 2.00. The Balaban J connectivity index is 1.79. The van der Waals surface area contributed by atoms with Gasteiger partial charge in [-0.15, -0.1) is 0 Å². The molecule has 1 saturated heterocycles. The highest BCUT2D eigenvalue weighted by molar-refractivity contribution is 7.80. The molecule has 1 saturated carbocycles. The first-order chi connectivity index (χ1) is 8.49. The van der Waals surface area contributed by atoms with Gasteiger partial charge in [0.15, 0.2) is 0 Å². The van der Waals surface area contributed by atoms with Crippen LogP contribution in [0.5, 0.6) is 0 Å². The molecule has 1 aliphatic carbocycles. The Morgan fingerprint density at radius 2 is 1.89 bits per heavy atom. The van der Waals surface area contributed by atoms with E-state index < -0.39 is 0 Å². The van der Waals surface area contributed by atoms with Crippen LogP contribution in [0.15, 0.2) is 0 Å². The average Bonchev–Trinajstić information content (AvgIpc) is 2.36. The molecule has 104 valence electrons. The molecular weight excluding hydrogens is 240 g/mol. The van der Waals surface area contributed by atoms with Crippen molar-refractivity contribution in [3.8, 4) is 0 Å². The van der Waals surface area contributed by atoms with E-state index in [1.807, 2.05) is 0 Å². The number of likely N-dealkylation sites (tertiary alicyclic amines) is 1. The monoisotopic (exact) mass is 268 g/mol. The zero-order valence-electron chi connectivity index (χ0n) is 12.0. The van der Waals surface area contributed by atoms with Gasteiger partial charge >= 0.3 is 0 Å². The highest BCUT2D eigenvalue weighted by atomic mass is 32.1. The van der Waals surface area contributed by atoms with Crippen LogP contribution in [0.3, 0.4) is 0 Å². The standard InChI is InChI=1S/C15H28N2S/c1-15(2,14(16)18)8-10-17-9-7-12-5-3-4-6-13(12)11-17/h12-13H,3-11H2,1-2H3,(H2,16,18). The molecule has 1 heterocycles. The van der Waals surface area contributed by atoms with Crippen molar-refractivity contribution in [3.05, 3.63) is 0 Å². The maximum absolute atomic E-state index is 5.80. The molecule has 0 radical (unpaired) electrons. The Labute approximate surface area is 117 Å². The van der Waals surface area contributed by atoms with Crippen molar-refractivity contribution in [2.24, 2.45) is 23.0 Å². The third-order valence-corrected chi connectivity index (χ3v) is 5.65. The summed E-state index contributed by atoms with van der Waals surface area (Å²) in [4.78, 5) is 3.31. The first-order valence-corrected chi connectivity index (χ1v) is 7.92. The molecule has 2 nitrogen and oxygen atoms in total.